The van der Waals surface area contributed by atoms with Crippen LogP contribution in [0.5, 0.6) is 0 Å². The van der Waals surface area contributed by atoms with E-state index in [0.29, 0.717) is 19.8 Å². The lowest BCUT2D eigenvalue weighted by atomic mass is 10.0. The van der Waals surface area contributed by atoms with Gasteiger partial charge in [-0.2, -0.15) is 0 Å². The summed E-state index contributed by atoms with van der Waals surface area (Å²) in [6.45, 7) is 1.44. The molecule has 0 saturated carbocycles. The van der Waals surface area contributed by atoms with Crippen molar-refractivity contribution in [2.75, 3.05) is 26.9 Å². The number of hydrogen-bond donors (Lipinski definition) is 1. The third-order valence-electron chi connectivity index (χ3n) is 3.19. The highest BCUT2D eigenvalue weighted by Gasteiger charge is 2.29. The Morgan fingerprint density at radius 2 is 2.41 bits per heavy atom. The van der Waals surface area contributed by atoms with Crippen LogP contribution in [-0.4, -0.2) is 43.1 Å². The van der Waals surface area contributed by atoms with Gasteiger partial charge >= 0.3 is 0 Å². The fourth-order valence-corrected chi connectivity index (χ4v) is 2.28. The molecule has 0 spiro atoms. The van der Waals surface area contributed by atoms with E-state index in [-0.39, 0.29) is 5.92 Å². The Kier molecular flexibility index (Phi) is 4.48. The molecule has 4 heteroatoms. The molecule has 2 unspecified atom stereocenters. The van der Waals surface area contributed by atoms with Crippen LogP contribution >= 0.6 is 0 Å². The van der Waals surface area contributed by atoms with Gasteiger partial charge in [-0.1, -0.05) is 6.07 Å². The van der Waals surface area contributed by atoms with Crippen molar-refractivity contribution in [2.45, 2.75) is 24.9 Å². The Bertz CT molecular complexity index is 356. The highest BCUT2D eigenvalue weighted by molar-refractivity contribution is 5.29. The number of ether oxygens (including phenoxy) is 2. The van der Waals surface area contributed by atoms with Gasteiger partial charge in [0, 0.05) is 24.9 Å². The van der Waals surface area contributed by atoms with Crippen molar-refractivity contribution in [2.24, 2.45) is 0 Å². The van der Waals surface area contributed by atoms with Crippen LogP contribution in [0.2, 0.25) is 0 Å². The number of aryl methyl sites for hydroxylation is 1. The van der Waals surface area contributed by atoms with Crippen molar-refractivity contribution < 1.29 is 14.6 Å². The van der Waals surface area contributed by atoms with Gasteiger partial charge in [0.15, 0.2) is 0 Å². The molecule has 0 saturated heterocycles. The maximum absolute atomic E-state index is 10.1. The monoisotopic (exact) mass is 237 g/mol. The van der Waals surface area contributed by atoms with Crippen molar-refractivity contribution in [3.63, 3.8) is 0 Å². The summed E-state index contributed by atoms with van der Waals surface area (Å²) in [5, 5.41) is 10.1. The molecule has 2 atom stereocenters. The van der Waals surface area contributed by atoms with Crippen LogP contribution in [0.1, 0.15) is 23.6 Å². The number of pyridine rings is 1. The number of fused-ring (bicyclic) bond motifs is 1. The van der Waals surface area contributed by atoms with Crippen LogP contribution in [0.3, 0.4) is 0 Å². The first-order valence-corrected chi connectivity index (χ1v) is 6.01. The molecule has 4 nitrogen and oxygen atoms in total. The number of aliphatic hydroxyl groups excluding tert-OH is 1. The number of methoxy groups -OCH3 is 1. The van der Waals surface area contributed by atoms with Gasteiger partial charge < -0.3 is 14.6 Å². The molecule has 0 aromatic carbocycles. The third kappa shape index (κ3) is 3.03. The molecule has 2 rings (SSSR count). The summed E-state index contributed by atoms with van der Waals surface area (Å²) >= 11 is 0. The zero-order valence-electron chi connectivity index (χ0n) is 10.1. The van der Waals surface area contributed by atoms with Crippen LogP contribution in [0.25, 0.3) is 0 Å². The molecule has 1 aromatic heterocycles. The number of aliphatic hydroxyl groups is 1. The SMILES string of the molecule is COCCOCC(O)C1CCc2cccnc21. The van der Waals surface area contributed by atoms with Gasteiger partial charge in [-0.05, 0) is 24.5 Å². The minimum Gasteiger partial charge on any atom is -0.390 e. The molecule has 1 aromatic rings. The van der Waals surface area contributed by atoms with Crippen LogP contribution in [0.15, 0.2) is 18.3 Å². The van der Waals surface area contributed by atoms with Crippen molar-refractivity contribution in [1.82, 2.24) is 4.98 Å². The molecule has 1 aliphatic rings. The van der Waals surface area contributed by atoms with E-state index in [1.807, 2.05) is 6.07 Å². The highest BCUT2D eigenvalue weighted by atomic mass is 16.5. The van der Waals surface area contributed by atoms with Gasteiger partial charge in [0.25, 0.3) is 0 Å². The summed E-state index contributed by atoms with van der Waals surface area (Å²) in [5.74, 6) is 0.119. The van der Waals surface area contributed by atoms with Gasteiger partial charge in [0.05, 0.1) is 25.9 Å². The first-order valence-electron chi connectivity index (χ1n) is 6.01. The molecule has 94 valence electrons. The normalized spacial score (nSPS) is 20.2. The van der Waals surface area contributed by atoms with Crippen LogP contribution in [0, 0.1) is 0 Å². The fourth-order valence-electron chi connectivity index (χ4n) is 2.28. The zero-order chi connectivity index (χ0) is 12.1. The quantitative estimate of drug-likeness (QED) is 0.754. The largest absolute Gasteiger partial charge is 0.390 e. The predicted octanol–water partition coefficient (Wildman–Crippen LogP) is 1.14. The fraction of sp³-hybridized carbons (Fsp3) is 0.615. The Morgan fingerprint density at radius 1 is 1.53 bits per heavy atom. The maximum Gasteiger partial charge on any atom is 0.0857 e. The summed E-state index contributed by atoms with van der Waals surface area (Å²) in [6, 6.07) is 4.03. The second-order valence-electron chi connectivity index (χ2n) is 4.33. The summed E-state index contributed by atoms with van der Waals surface area (Å²) in [4.78, 5) is 4.37. The van der Waals surface area contributed by atoms with E-state index in [1.165, 1.54) is 5.56 Å². The number of aromatic nitrogens is 1. The van der Waals surface area contributed by atoms with Crippen molar-refractivity contribution in [3.8, 4) is 0 Å². The van der Waals surface area contributed by atoms with Crippen LogP contribution in [-0.2, 0) is 15.9 Å². The molecule has 0 amide bonds. The second-order valence-corrected chi connectivity index (χ2v) is 4.33. The first-order chi connectivity index (χ1) is 8.33. The van der Waals surface area contributed by atoms with E-state index in [4.69, 9.17) is 9.47 Å². The summed E-state index contributed by atoms with van der Waals surface area (Å²) < 4.78 is 10.2. The standard InChI is InChI=1S/C13H19NO3/c1-16-7-8-17-9-12(15)11-5-4-10-3-2-6-14-13(10)11/h2-3,6,11-12,15H,4-5,7-9H2,1H3. The molecule has 0 aliphatic heterocycles. The van der Waals surface area contributed by atoms with E-state index in [1.54, 1.807) is 13.3 Å². The van der Waals surface area contributed by atoms with Crippen molar-refractivity contribution in [3.05, 3.63) is 29.6 Å². The van der Waals surface area contributed by atoms with E-state index >= 15 is 0 Å². The lowest BCUT2D eigenvalue weighted by molar-refractivity contribution is 0.00249. The average molecular weight is 237 g/mol. The number of rotatable bonds is 6. The molecule has 0 radical (unpaired) electrons. The summed E-state index contributed by atoms with van der Waals surface area (Å²) in [5.41, 5.74) is 2.30. The lowest BCUT2D eigenvalue weighted by Gasteiger charge is -2.18. The Labute approximate surface area is 102 Å². The Morgan fingerprint density at radius 3 is 3.24 bits per heavy atom. The van der Waals surface area contributed by atoms with E-state index < -0.39 is 6.10 Å². The zero-order valence-corrected chi connectivity index (χ0v) is 10.1. The van der Waals surface area contributed by atoms with Gasteiger partial charge in [-0.25, -0.2) is 0 Å². The molecule has 1 heterocycles. The molecule has 1 aliphatic carbocycles. The lowest BCUT2D eigenvalue weighted by Crippen LogP contribution is -2.24. The predicted molar refractivity (Wildman–Crippen MR) is 64.0 cm³/mol. The smallest absolute Gasteiger partial charge is 0.0857 e. The number of nitrogens with zero attached hydrogens (tertiary/aromatic N) is 1. The maximum atomic E-state index is 10.1. The van der Waals surface area contributed by atoms with Crippen molar-refractivity contribution in [1.29, 1.82) is 0 Å². The summed E-state index contributed by atoms with van der Waals surface area (Å²) in [6.07, 6.45) is 3.28. The van der Waals surface area contributed by atoms with E-state index in [0.717, 1.165) is 18.5 Å². The van der Waals surface area contributed by atoms with Crippen LogP contribution in [0.4, 0.5) is 0 Å². The van der Waals surface area contributed by atoms with Crippen LogP contribution < -0.4 is 0 Å². The minimum atomic E-state index is -0.469. The first kappa shape index (κ1) is 12.5. The van der Waals surface area contributed by atoms with Crippen molar-refractivity contribution >= 4 is 0 Å². The number of hydrogen-bond acceptors (Lipinski definition) is 4. The average Bonchev–Trinajstić information content (AvgIpc) is 2.78. The highest BCUT2D eigenvalue weighted by Crippen LogP contribution is 2.33. The van der Waals surface area contributed by atoms with Gasteiger partial charge in [-0.15, -0.1) is 0 Å². The molecular weight excluding hydrogens is 218 g/mol. The van der Waals surface area contributed by atoms with E-state index in [9.17, 15) is 5.11 Å². The third-order valence-corrected chi connectivity index (χ3v) is 3.19. The van der Waals surface area contributed by atoms with E-state index in [2.05, 4.69) is 11.1 Å². The van der Waals surface area contributed by atoms with Gasteiger partial charge in [0.1, 0.15) is 0 Å². The Hall–Kier alpha value is -0.970. The molecule has 1 N–H and O–H groups in total. The molecule has 0 fully saturated rings. The Balaban J connectivity index is 1.87. The topological polar surface area (TPSA) is 51.6 Å². The molecular formula is C13H19NO3. The van der Waals surface area contributed by atoms with Gasteiger partial charge in [-0.3, -0.25) is 4.98 Å². The second kappa shape index (κ2) is 6.10. The summed E-state index contributed by atoms with van der Waals surface area (Å²) in [7, 11) is 1.64. The molecule has 0 bridgehead atoms. The minimum absolute atomic E-state index is 0.119. The molecule has 17 heavy (non-hydrogen) atoms. The van der Waals surface area contributed by atoms with Gasteiger partial charge in [0.2, 0.25) is 0 Å².